The fraction of sp³-hybridized carbons (Fsp3) is 0.917. The maximum Gasteiger partial charge on any atom is 0.157 e. The molecular formula is C12H24N2S. The first kappa shape index (κ1) is 12.9. The number of hydrogen-bond donors (Lipinski definition) is 1. The monoisotopic (exact) mass is 228 g/mol. The molecule has 1 aliphatic heterocycles. The first-order chi connectivity index (χ1) is 6.97. The second-order valence-corrected chi connectivity index (χ2v) is 6.55. The molecule has 1 aliphatic rings. The van der Waals surface area contributed by atoms with Crippen molar-refractivity contribution in [2.45, 2.75) is 64.8 Å². The molecule has 0 fully saturated rings. The van der Waals surface area contributed by atoms with E-state index in [1.54, 1.807) is 0 Å². The summed E-state index contributed by atoms with van der Waals surface area (Å²) in [5.41, 5.74) is 0. The van der Waals surface area contributed by atoms with Crippen LogP contribution in [0.25, 0.3) is 0 Å². The van der Waals surface area contributed by atoms with Crippen molar-refractivity contribution in [3.63, 3.8) is 0 Å². The Hall–Kier alpha value is -0.180. The van der Waals surface area contributed by atoms with Crippen LogP contribution in [-0.2, 0) is 0 Å². The Morgan fingerprint density at radius 3 is 2.60 bits per heavy atom. The van der Waals surface area contributed by atoms with Gasteiger partial charge in [0.05, 0.1) is 6.04 Å². The second-order valence-electron chi connectivity index (χ2n) is 5.12. The van der Waals surface area contributed by atoms with Gasteiger partial charge < -0.3 is 5.32 Å². The number of nitrogens with zero attached hydrogens (tertiary/aromatic N) is 1. The number of rotatable bonds is 3. The van der Waals surface area contributed by atoms with Gasteiger partial charge in [0.25, 0.3) is 0 Å². The lowest BCUT2D eigenvalue weighted by Crippen LogP contribution is -2.35. The molecule has 1 heterocycles. The number of thioether (sulfide) groups is 1. The summed E-state index contributed by atoms with van der Waals surface area (Å²) < 4.78 is 0. The van der Waals surface area contributed by atoms with Crippen LogP contribution in [0.2, 0.25) is 0 Å². The predicted octanol–water partition coefficient (Wildman–Crippen LogP) is 3.28. The summed E-state index contributed by atoms with van der Waals surface area (Å²) in [6, 6.07) is 1.02. The van der Waals surface area contributed by atoms with Gasteiger partial charge >= 0.3 is 0 Å². The Bertz CT molecular complexity index is 226. The highest BCUT2D eigenvalue weighted by atomic mass is 32.2. The average molecular weight is 228 g/mol. The molecule has 0 saturated carbocycles. The van der Waals surface area contributed by atoms with Gasteiger partial charge in [-0.25, -0.2) is 0 Å². The van der Waals surface area contributed by atoms with Crippen LogP contribution in [0, 0.1) is 5.92 Å². The summed E-state index contributed by atoms with van der Waals surface area (Å²) in [6.45, 7) is 11.3. The van der Waals surface area contributed by atoms with Gasteiger partial charge in [0.1, 0.15) is 0 Å². The molecule has 3 atom stereocenters. The van der Waals surface area contributed by atoms with E-state index in [0.717, 1.165) is 11.1 Å². The molecule has 3 unspecified atom stereocenters. The predicted molar refractivity (Wildman–Crippen MR) is 70.6 cm³/mol. The van der Waals surface area contributed by atoms with Crippen LogP contribution in [0.5, 0.6) is 0 Å². The minimum absolute atomic E-state index is 0.481. The van der Waals surface area contributed by atoms with E-state index in [-0.39, 0.29) is 0 Å². The highest BCUT2D eigenvalue weighted by Gasteiger charge is 2.19. The van der Waals surface area contributed by atoms with Gasteiger partial charge in [-0.3, -0.25) is 4.99 Å². The van der Waals surface area contributed by atoms with Crippen LogP contribution >= 0.6 is 11.8 Å². The van der Waals surface area contributed by atoms with Gasteiger partial charge in [-0.15, -0.1) is 0 Å². The molecular weight excluding hydrogens is 204 g/mol. The van der Waals surface area contributed by atoms with Crippen molar-refractivity contribution in [2.75, 3.05) is 0 Å². The number of aliphatic imine (C=N–C) groups is 1. The quantitative estimate of drug-likeness (QED) is 0.801. The highest BCUT2D eigenvalue weighted by molar-refractivity contribution is 8.14. The van der Waals surface area contributed by atoms with Gasteiger partial charge in [0.15, 0.2) is 5.17 Å². The van der Waals surface area contributed by atoms with E-state index >= 15 is 0 Å². The summed E-state index contributed by atoms with van der Waals surface area (Å²) >= 11 is 1.88. The van der Waals surface area contributed by atoms with Gasteiger partial charge in [-0.05, 0) is 32.6 Å². The lowest BCUT2D eigenvalue weighted by atomic mass is 10.1. The van der Waals surface area contributed by atoms with Crippen molar-refractivity contribution in [2.24, 2.45) is 10.9 Å². The Labute approximate surface area is 98.3 Å². The zero-order chi connectivity index (χ0) is 11.4. The molecule has 0 amide bonds. The third-order valence-corrected chi connectivity index (χ3v) is 3.56. The third-order valence-electron chi connectivity index (χ3n) is 2.52. The Balaban J connectivity index is 2.43. The fourth-order valence-corrected chi connectivity index (χ4v) is 3.32. The fourth-order valence-electron chi connectivity index (χ4n) is 2.05. The molecule has 88 valence electrons. The molecule has 0 spiro atoms. The maximum atomic E-state index is 4.65. The molecule has 1 rings (SSSR count). The van der Waals surface area contributed by atoms with Crippen molar-refractivity contribution in [1.29, 1.82) is 0 Å². The standard InChI is InChI=1S/C12H24N2S/c1-8(2)6-9(3)13-12-14-10(4)7-11(5)15-12/h8-11H,6-7H2,1-5H3,(H,13,14). The van der Waals surface area contributed by atoms with Crippen molar-refractivity contribution in [3.8, 4) is 0 Å². The van der Waals surface area contributed by atoms with Crippen LogP contribution in [0.4, 0.5) is 0 Å². The van der Waals surface area contributed by atoms with Gasteiger partial charge in [0.2, 0.25) is 0 Å². The summed E-state index contributed by atoms with van der Waals surface area (Å²) in [5, 5.41) is 5.37. The lowest BCUT2D eigenvalue weighted by Gasteiger charge is -2.26. The second kappa shape index (κ2) is 5.78. The van der Waals surface area contributed by atoms with Crippen LogP contribution in [0.3, 0.4) is 0 Å². The zero-order valence-corrected chi connectivity index (χ0v) is 11.4. The Morgan fingerprint density at radius 1 is 1.40 bits per heavy atom. The molecule has 0 saturated heterocycles. The molecule has 0 aliphatic carbocycles. The number of amidine groups is 1. The molecule has 15 heavy (non-hydrogen) atoms. The Morgan fingerprint density at radius 2 is 2.07 bits per heavy atom. The molecule has 1 N–H and O–H groups in total. The largest absolute Gasteiger partial charge is 0.362 e. The molecule has 0 radical (unpaired) electrons. The minimum Gasteiger partial charge on any atom is -0.362 e. The van der Waals surface area contributed by atoms with Gasteiger partial charge in [0, 0.05) is 11.3 Å². The van der Waals surface area contributed by atoms with Crippen molar-refractivity contribution < 1.29 is 0 Å². The van der Waals surface area contributed by atoms with Crippen molar-refractivity contribution >= 4 is 16.9 Å². The molecule has 3 heteroatoms. The van der Waals surface area contributed by atoms with Crippen molar-refractivity contribution in [1.82, 2.24) is 5.32 Å². The van der Waals surface area contributed by atoms with E-state index in [1.165, 1.54) is 12.8 Å². The first-order valence-electron chi connectivity index (χ1n) is 5.98. The smallest absolute Gasteiger partial charge is 0.157 e. The van der Waals surface area contributed by atoms with E-state index < -0.39 is 0 Å². The van der Waals surface area contributed by atoms with Crippen LogP contribution < -0.4 is 5.32 Å². The summed E-state index contributed by atoms with van der Waals surface area (Å²) in [4.78, 5) is 4.65. The molecule has 0 aromatic carbocycles. The SMILES string of the molecule is CC(C)CC(C)NC1=NC(C)CC(C)S1. The Kier molecular flexibility index (Phi) is 4.97. The van der Waals surface area contributed by atoms with Crippen LogP contribution in [-0.4, -0.2) is 22.5 Å². The molecule has 0 aromatic rings. The van der Waals surface area contributed by atoms with E-state index in [4.69, 9.17) is 0 Å². The average Bonchev–Trinajstić information content (AvgIpc) is 1.98. The molecule has 2 nitrogen and oxygen atoms in total. The van der Waals surface area contributed by atoms with Crippen molar-refractivity contribution in [3.05, 3.63) is 0 Å². The maximum absolute atomic E-state index is 4.65. The normalized spacial score (nSPS) is 28.8. The van der Waals surface area contributed by atoms with E-state index in [1.807, 2.05) is 11.8 Å². The van der Waals surface area contributed by atoms with Crippen LogP contribution in [0.1, 0.15) is 47.5 Å². The first-order valence-corrected chi connectivity index (χ1v) is 6.86. The topological polar surface area (TPSA) is 24.4 Å². The highest BCUT2D eigenvalue weighted by Crippen LogP contribution is 2.24. The molecule has 0 bridgehead atoms. The summed E-state index contributed by atoms with van der Waals surface area (Å²) in [5.74, 6) is 0.747. The van der Waals surface area contributed by atoms with Gasteiger partial charge in [-0.1, -0.05) is 32.5 Å². The van der Waals surface area contributed by atoms with Gasteiger partial charge in [-0.2, -0.15) is 0 Å². The van der Waals surface area contributed by atoms with E-state index in [2.05, 4.69) is 44.9 Å². The minimum atomic E-state index is 0.481. The molecule has 0 aromatic heterocycles. The van der Waals surface area contributed by atoms with E-state index in [0.29, 0.717) is 17.3 Å². The number of nitrogens with one attached hydrogen (secondary N) is 1. The summed E-state index contributed by atoms with van der Waals surface area (Å²) in [6.07, 6.45) is 2.41. The third kappa shape index (κ3) is 4.92. The lowest BCUT2D eigenvalue weighted by molar-refractivity contribution is 0.490. The van der Waals surface area contributed by atoms with Crippen LogP contribution in [0.15, 0.2) is 4.99 Å². The zero-order valence-electron chi connectivity index (χ0n) is 10.6. The van der Waals surface area contributed by atoms with E-state index in [9.17, 15) is 0 Å². The summed E-state index contributed by atoms with van der Waals surface area (Å²) in [7, 11) is 0. The number of hydrogen-bond acceptors (Lipinski definition) is 3.